The first-order chi connectivity index (χ1) is 6.00. The summed E-state index contributed by atoms with van der Waals surface area (Å²) in [5.74, 6) is -3.71. The van der Waals surface area contributed by atoms with Crippen LogP contribution >= 0.6 is 27.5 Å². The molecule has 0 heterocycles. The first kappa shape index (κ1) is 10.5. The third-order valence-electron chi connectivity index (χ3n) is 1.40. The molecule has 0 aliphatic rings. The van der Waals surface area contributed by atoms with E-state index in [2.05, 4.69) is 20.7 Å². The minimum Gasteiger partial charge on any atom is -0.503 e. The molecule has 0 aliphatic carbocycles. The molecule has 1 aromatic rings. The molecule has 72 valence electrons. The number of benzene rings is 1. The van der Waals surface area contributed by atoms with E-state index in [0.717, 1.165) is 7.11 Å². The van der Waals surface area contributed by atoms with Crippen LogP contribution in [0, 0.1) is 11.6 Å². The van der Waals surface area contributed by atoms with E-state index in [1.807, 2.05) is 0 Å². The van der Waals surface area contributed by atoms with Crippen molar-refractivity contribution in [3.05, 3.63) is 21.1 Å². The van der Waals surface area contributed by atoms with Crippen LogP contribution < -0.4 is 4.74 Å². The smallest absolute Gasteiger partial charge is 0.206 e. The molecule has 0 amide bonds. The average molecular weight is 273 g/mol. The lowest BCUT2D eigenvalue weighted by atomic mass is 10.3. The van der Waals surface area contributed by atoms with Gasteiger partial charge in [0.05, 0.1) is 16.6 Å². The van der Waals surface area contributed by atoms with E-state index in [4.69, 9.17) is 11.6 Å². The molecule has 1 rings (SSSR count). The molecular formula is C7H4BrClF2O2. The SMILES string of the molecule is COc1c(O)c(Br)c(Cl)c(F)c1F. The molecule has 0 saturated heterocycles. The summed E-state index contributed by atoms with van der Waals surface area (Å²) in [7, 11) is 1.11. The zero-order valence-corrected chi connectivity index (χ0v) is 8.71. The van der Waals surface area contributed by atoms with Crippen LogP contribution in [0.25, 0.3) is 0 Å². The van der Waals surface area contributed by atoms with Crippen LogP contribution in [-0.2, 0) is 0 Å². The van der Waals surface area contributed by atoms with E-state index >= 15 is 0 Å². The molecule has 0 saturated carbocycles. The second-order valence-corrected chi connectivity index (χ2v) is 3.31. The number of methoxy groups -OCH3 is 1. The quantitative estimate of drug-likeness (QED) is 0.629. The Morgan fingerprint density at radius 2 is 1.92 bits per heavy atom. The summed E-state index contributed by atoms with van der Waals surface area (Å²) in [6.07, 6.45) is 0. The van der Waals surface area contributed by atoms with E-state index in [1.54, 1.807) is 0 Å². The van der Waals surface area contributed by atoms with Gasteiger partial charge in [0.25, 0.3) is 0 Å². The molecule has 1 N–H and O–H groups in total. The lowest BCUT2D eigenvalue weighted by Crippen LogP contribution is -1.94. The Morgan fingerprint density at radius 3 is 2.38 bits per heavy atom. The van der Waals surface area contributed by atoms with Crippen LogP contribution in [0.3, 0.4) is 0 Å². The van der Waals surface area contributed by atoms with Gasteiger partial charge < -0.3 is 9.84 Å². The Hall–Kier alpha value is -0.550. The highest BCUT2D eigenvalue weighted by molar-refractivity contribution is 9.10. The summed E-state index contributed by atoms with van der Waals surface area (Å²) in [6.45, 7) is 0. The molecule has 0 bridgehead atoms. The number of halogens is 4. The zero-order valence-electron chi connectivity index (χ0n) is 6.37. The predicted octanol–water partition coefficient (Wildman–Crippen LogP) is 3.09. The fourth-order valence-electron chi connectivity index (χ4n) is 0.786. The van der Waals surface area contributed by atoms with Gasteiger partial charge in [-0.3, -0.25) is 0 Å². The fraction of sp³-hybridized carbons (Fsp3) is 0.143. The van der Waals surface area contributed by atoms with Crippen molar-refractivity contribution in [2.24, 2.45) is 0 Å². The Balaban J connectivity index is 3.56. The van der Waals surface area contributed by atoms with Crippen molar-refractivity contribution in [3.8, 4) is 11.5 Å². The van der Waals surface area contributed by atoms with Crippen LogP contribution in [0.1, 0.15) is 0 Å². The molecule has 2 nitrogen and oxygen atoms in total. The highest BCUT2D eigenvalue weighted by atomic mass is 79.9. The lowest BCUT2D eigenvalue weighted by Gasteiger charge is -2.08. The Morgan fingerprint density at radius 1 is 1.38 bits per heavy atom. The van der Waals surface area contributed by atoms with Gasteiger partial charge in [0, 0.05) is 0 Å². The summed E-state index contributed by atoms with van der Waals surface area (Å²) in [4.78, 5) is 0. The van der Waals surface area contributed by atoms with Gasteiger partial charge in [0.2, 0.25) is 11.6 Å². The molecule has 13 heavy (non-hydrogen) atoms. The second kappa shape index (κ2) is 3.67. The van der Waals surface area contributed by atoms with E-state index in [1.165, 1.54) is 0 Å². The topological polar surface area (TPSA) is 29.5 Å². The van der Waals surface area contributed by atoms with Crippen LogP contribution in [0.5, 0.6) is 11.5 Å². The van der Waals surface area contributed by atoms with Crippen LogP contribution in [0.15, 0.2) is 4.47 Å². The van der Waals surface area contributed by atoms with Gasteiger partial charge in [-0.25, -0.2) is 4.39 Å². The fourth-order valence-corrected chi connectivity index (χ4v) is 1.31. The van der Waals surface area contributed by atoms with Crippen LogP contribution in [0.2, 0.25) is 5.02 Å². The van der Waals surface area contributed by atoms with E-state index < -0.39 is 28.2 Å². The van der Waals surface area contributed by atoms with Crippen molar-refractivity contribution in [1.82, 2.24) is 0 Å². The summed E-state index contributed by atoms with van der Waals surface area (Å²) in [5.41, 5.74) is 0. The standard InChI is InChI=1S/C7H4BrClF2O2/c1-13-7-5(11)4(10)3(9)2(8)6(7)12/h12H,1H3. The Kier molecular flexibility index (Phi) is 2.98. The van der Waals surface area contributed by atoms with Gasteiger partial charge in [-0.1, -0.05) is 11.6 Å². The highest BCUT2D eigenvalue weighted by Gasteiger charge is 2.22. The molecule has 0 atom stereocenters. The number of hydrogen-bond acceptors (Lipinski definition) is 2. The van der Waals surface area contributed by atoms with E-state index in [0.29, 0.717) is 0 Å². The van der Waals surface area contributed by atoms with Gasteiger partial charge in [0.1, 0.15) is 0 Å². The highest BCUT2D eigenvalue weighted by Crippen LogP contribution is 2.42. The first-order valence-corrected chi connectivity index (χ1v) is 4.26. The number of aromatic hydroxyl groups is 1. The normalized spacial score (nSPS) is 10.2. The van der Waals surface area contributed by atoms with Crippen molar-refractivity contribution in [2.45, 2.75) is 0 Å². The summed E-state index contributed by atoms with van der Waals surface area (Å²) in [6, 6.07) is 0. The number of hydrogen-bond donors (Lipinski definition) is 1. The molecule has 0 unspecified atom stereocenters. The maximum atomic E-state index is 12.9. The number of ether oxygens (including phenoxy) is 1. The maximum absolute atomic E-state index is 12.9. The second-order valence-electron chi connectivity index (χ2n) is 2.14. The van der Waals surface area contributed by atoms with Gasteiger partial charge in [0.15, 0.2) is 11.6 Å². The molecule has 1 aromatic carbocycles. The predicted molar refractivity (Wildman–Crippen MR) is 47.3 cm³/mol. The van der Waals surface area contributed by atoms with Crippen molar-refractivity contribution in [3.63, 3.8) is 0 Å². The van der Waals surface area contributed by atoms with E-state index in [9.17, 15) is 13.9 Å². The van der Waals surface area contributed by atoms with E-state index in [-0.39, 0.29) is 4.47 Å². The summed E-state index contributed by atoms with van der Waals surface area (Å²) < 4.78 is 30.1. The number of phenolic OH excluding ortho intramolecular Hbond substituents is 1. The minimum atomic E-state index is -1.31. The Labute approximate surface area is 86.2 Å². The third kappa shape index (κ3) is 1.58. The van der Waals surface area contributed by atoms with Crippen LogP contribution in [-0.4, -0.2) is 12.2 Å². The van der Waals surface area contributed by atoms with Gasteiger partial charge in [-0.05, 0) is 15.9 Å². The third-order valence-corrected chi connectivity index (χ3v) is 2.76. The summed E-state index contributed by atoms with van der Waals surface area (Å²) in [5, 5.41) is 8.70. The Bertz CT molecular complexity index is 328. The molecule has 0 aliphatic heterocycles. The monoisotopic (exact) mass is 272 g/mol. The molecule has 0 fully saturated rings. The molecular weight excluding hydrogens is 269 g/mol. The van der Waals surface area contributed by atoms with Gasteiger partial charge >= 0.3 is 0 Å². The van der Waals surface area contributed by atoms with Gasteiger partial charge in [-0.15, -0.1) is 0 Å². The minimum absolute atomic E-state index is 0.134. The van der Waals surface area contributed by atoms with Crippen molar-refractivity contribution < 1.29 is 18.6 Å². The molecule has 0 radical (unpaired) electrons. The molecule has 0 aromatic heterocycles. The van der Waals surface area contributed by atoms with Crippen LogP contribution in [0.4, 0.5) is 8.78 Å². The van der Waals surface area contributed by atoms with Crippen molar-refractivity contribution in [1.29, 1.82) is 0 Å². The van der Waals surface area contributed by atoms with Crippen molar-refractivity contribution >= 4 is 27.5 Å². The largest absolute Gasteiger partial charge is 0.503 e. The van der Waals surface area contributed by atoms with Gasteiger partial charge in [-0.2, -0.15) is 4.39 Å². The zero-order chi connectivity index (χ0) is 10.2. The number of rotatable bonds is 1. The molecule has 6 heteroatoms. The average Bonchev–Trinajstić information content (AvgIpc) is 2.13. The van der Waals surface area contributed by atoms with Crippen molar-refractivity contribution in [2.75, 3.05) is 7.11 Å². The first-order valence-electron chi connectivity index (χ1n) is 3.09. The summed E-state index contributed by atoms with van der Waals surface area (Å²) >= 11 is 8.13. The lowest BCUT2D eigenvalue weighted by molar-refractivity contribution is 0.338. The maximum Gasteiger partial charge on any atom is 0.206 e. The molecule has 0 spiro atoms. The number of phenols is 1.